The molecule has 0 aliphatic heterocycles. The lowest BCUT2D eigenvalue weighted by molar-refractivity contribution is 0.0588. The molecule has 0 radical (unpaired) electrons. The fraction of sp³-hybridized carbons (Fsp3) is 0.130. The van der Waals surface area contributed by atoms with Crippen LogP contribution in [-0.4, -0.2) is 27.6 Å². The van der Waals surface area contributed by atoms with Crippen LogP contribution in [0.3, 0.4) is 0 Å². The highest BCUT2D eigenvalue weighted by Crippen LogP contribution is 2.33. The van der Waals surface area contributed by atoms with Crippen molar-refractivity contribution in [2.45, 2.75) is 13.5 Å². The van der Waals surface area contributed by atoms with Crippen molar-refractivity contribution in [3.63, 3.8) is 0 Å². The maximum atomic E-state index is 13.4. The van der Waals surface area contributed by atoms with Crippen molar-refractivity contribution < 1.29 is 9.53 Å². The lowest BCUT2D eigenvalue weighted by Crippen LogP contribution is -2.29. The molecule has 30 heavy (non-hydrogen) atoms. The number of aryl methyl sites for hydroxylation is 1. The van der Waals surface area contributed by atoms with Gasteiger partial charge in [-0.3, -0.25) is 19.3 Å². The molecule has 0 fully saturated rings. The largest absolute Gasteiger partial charge is 0.464 e. The average molecular weight is 464 g/mol. The fourth-order valence-corrected chi connectivity index (χ4v) is 3.80. The number of carbonyl (C=O) groups is 1. The number of fused-ring (bicyclic) bond motifs is 1. The van der Waals surface area contributed by atoms with Crippen molar-refractivity contribution in [2.75, 3.05) is 7.11 Å². The number of ether oxygens (including phenoxy) is 1. The molecule has 0 bridgehead atoms. The predicted molar refractivity (Wildman–Crippen MR) is 119 cm³/mol. The third-order valence-electron chi connectivity index (χ3n) is 4.83. The van der Waals surface area contributed by atoms with Gasteiger partial charge in [0.05, 0.1) is 31.2 Å². The molecule has 0 spiro atoms. The summed E-state index contributed by atoms with van der Waals surface area (Å²) < 4.78 is 7.31. The van der Waals surface area contributed by atoms with E-state index in [9.17, 15) is 9.59 Å². The normalized spacial score (nSPS) is 10.9. The Kier molecular flexibility index (Phi) is 5.46. The Morgan fingerprint density at radius 2 is 1.83 bits per heavy atom. The van der Waals surface area contributed by atoms with Crippen molar-refractivity contribution in [1.82, 2.24) is 14.5 Å². The van der Waals surface area contributed by atoms with Gasteiger partial charge in [0, 0.05) is 21.6 Å². The molecule has 6 nitrogen and oxygen atoms in total. The first kappa shape index (κ1) is 20.0. The third kappa shape index (κ3) is 3.64. The number of methoxy groups -OCH3 is 1. The molecule has 7 heteroatoms. The van der Waals surface area contributed by atoms with E-state index in [0.29, 0.717) is 22.0 Å². The molecule has 0 saturated heterocycles. The maximum absolute atomic E-state index is 13.4. The van der Waals surface area contributed by atoms with E-state index in [1.54, 1.807) is 18.5 Å². The summed E-state index contributed by atoms with van der Waals surface area (Å²) in [7, 11) is 1.31. The molecule has 4 aromatic rings. The van der Waals surface area contributed by atoms with E-state index in [-0.39, 0.29) is 17.8 Å². The summed E-state index contributed by atoms with van der Waals surface area (Å²) in [4.78, 5) is 35.0. The Balaban J connectivity index is 2.11. The average Bonchev–Trinajstić information content (AvgIpc) is 2.76. The van der Waals surface area contributed by atoms with Crippen LogP contribution in [0.25, 0.3) is 21.9 Å². The van der Waals surface area contributed by atoms with E-state index in [1.807, 2.05) is 49.4 Å². The summed E-state index contributed by atoms with van der Waals surface area (Å²) >= 11 is 3.48. The van der Waals surface area contributed by atoms with Crippen LogP contribution in [0, 0.1) is 6.92 Å². The highest BCUT2D eigenvalue weighted by atomic mass is 79.9. The SMILES string of the molecule is COC(=O)c1c(-c2ccccc2)c2cc(Br)ccc2c(=O)n1Cc1cnc(C)cn1. The van der Waals surface area contributed by atoms with Crippen LogP contribution in [-0.2, 0) is 11.3 Å². The summed E-state index contributed by atoms with van der Waals surface area (Å²) in [6.45, 7) is 1.94. The van der Waals surface area contributed by atoms with Crippen LogP contribution in [0.4, 0.5) is 0 Å². The first-order valence-corrected chi connectivity index (χ1v) is 10.1. The number of hydrogen-bond acceptors (Lipinski definition) is 5. The van der Waals surface area contributed by atoms with Gasteiger partial charge in [0.15, 0.2) is 0 Å². The molecule has 150 valence electrons. The van der Waals surface area contributed by atoms with E-state index in [1.165, 1.54) is 11.7 Å². The number of rotatable bonds is 4. The molecule has 4 rings (SSSR count). The van der Waals surface area contributed by atoms with Crippen LogP contribution >= 0.6 is 15.9 Å². The van der Waals surface area contributed by atoms with Crippen LogP contribution in [0.2, 0.25) is 0 Å². The number of carbonyl (C=O) groups excluding carboxylic acids is 1. The summed E-state index contributed by atoms with van der Waals surface area (Å²) in [5.41, 5.74) is 2.68. The van der Waals surface area contributed by atoms with Crippen LogP contribution in [0.15, 0.2) is 70.2 Å². The van der Waals surface area contributed by atoms with Gasteiger partial charge in [0.2, 0.25) is 0 Å². The number of nitrogens with zero attached hydrogens (tertiary/aromatic N) is 3. The minimum absolute atomic E-state index is 0.0996. The minimum atomic E-state index is -0.590. The van der Waals surface area contributed by atoms with E-state index >= 15 is 0 Å². The van der Waals surface area contributed by atoms with E-state index in [4.69, 9.17) is 4.74 Å². The topological polar surface area (TPSA) is 74.1 Å². The number of esters is 1. The number of pyridine rings is 1. The third-order valence-corrected chi connectivity index (χ3v) is 5.32. The predicted octanol–water partition coefficient (Wildman–Crippen LogP) is 4.36. The number of hydrogen-bond donors (Lipinski definition) is 0. The zero-order valence-corrected chi connectivity index (χ0v) is 18.0. The van der Waals surface area contributed by atoms with Gasteiger partial charge < -0.3 is 4.74 Å². The molecular formula is C23H18BrN3O3. The number of halogens is 1. The maximum Gasteiger partial charge on any atom is 0.355 e. The Labute approximate surface area is 181 Å². The Morgan fingerprint density at radius 1 is 1.07 bits per heavy atom. The summed E-state index contributed by atoms with van der Waals surface area (Å²) in [5, 5.41) is 1.18. The number of benzene rings is 2. The van der Waals surface area contributed by atoms with Gasteiger partial charge in [0.1, 0.15) is 5.69 Å². The Bertz CT molecular complexity index is 1300. The monoisotopic (exact) mass is 463 g/mol. The highest BCUT2D eigenvalue weighted by Gasteiger charge is 2.24. The summed E-state index contributed by atoms with van der Waals surface area (Å²) in [5.74, 6) is -0.590. The second kappa shape index (κ2) is 8.20. The molecule has 0 N–H and O–H groups in total. The van der Waals surface area contributed by atoms with Gasteiger partial charge in [-0.15, -0.1) is 0 Å². The smallest absolute Gasteiger partial charge is 0.355 e. The van der Waals surface area contributed by atoms with Gasteiger partial charge in [-0.1, -0.05) is 46.3 Å². The zero-order chi connectivity index (χ0) is 21.3. The van der Waals surface area contributed by atoms with Crippen molar-refractivity contribution >= 4 is 32.7 Å². The molecule has 2 heterocycles. The first-order valence-electron chi connectivity index (χ1n) is 9.27. The van der Waals surface area contributed by atoms with Crippen LogP contribution in [0.1, 0.15) is 21.9 Å². The van der Waals surface area contributed by atoms with Crippen LogP contribution < -0.4 is 5.56 Å². The molecule has 0 amide bonds. The quantitative estimate of drug-likeness (QED) is 0.420. The van der Waals surface area contributed by atoms with Gasteiger partial charge in [-0.25, -0.2) is 4.79 Å². The summed E-state index contributed by atoms with van der Waals surface area (Å²) in [6, 6.07) is 14.9. The van der Waals surface area contributed by atoms with E-state index in [2.05, 4.69) is 25.9 Å². The molecular weight excluding hydrogens is 446 g/mol. The fourth-order valence-electron chi connectivity index (χ4n) is 3.44. The van der Waals surface area contributed by atoms with Gasteiger partial charge in [0.25, 0.3) is 5.56 Å². The molecule has 2 aromatic heterocycles. The molecule has 0 aliphatic carbocycles. The van der Waals surface area contributed by atoms with E-state index < -0.39 is 5.97 Å². The lowest BCUT2D eigenvalue weighted by Gasteiger charge is -2.18. The second-order valence-corrected chi connectivity index (χ2v) is 7.73. The van der Waals surface area contributed by atoms with E-state index in [0.717, 1.165) is 15.7 Å². The van der Waals surface area contributed by atoms with Crippen molar-refractivity contribution in [1.29, 1.82) is 0 Å². The first-order chi connectivity index (χ1) is 14.5. The Hall–Kier alpha value is -3.32. The summed E-state index contributed by atoms with van der Waals surface area (Å²) in [6.07, 6.45) is 3.24. The standard InChI is InChI=1S/C23H18BrN3O3/c1-14-11-26-17(12-25-14)13-27-21(23(29)30-2)20(15-6-4-3-5-7-15)19-10-16(24)8-9-18(19)22(27)28/h3-12H,13H2,1-2H3. The van der Waals surface area contributed by atoms with Crippen molar-refractivity contribution in [3.05, 3.63) is 92.8 Å². The molecule has 0 atom stereocenters. The molecule has 0 unspecified atom stereocenters. The molecule has 2 aromatic carbocycles. The molecule has 0 saturated carbocycles. The Morgan fingerprint density at radius 3 is 2.50 bits per heavy atom. The minimum Gasteiger partial charge on any atom is -0.464 e. The van der Waals surface area contributed by atoms with Gasteiger partial charge in [-0.2, -0.15) is 0 Å². The number of aromatic nitrogens is 3. The molecule has 0 aliphatic rings. The van der Waals surface area contributed by atoms with Crippen molar-refractivity contribution in [2.24, 2.45) is 0 Å². The van der Waals surface area contributed by atoms with Gasteiger partial charge >= 0.3 is 5.97 Å². The highest BCUT2D eigenvalue weighted by molar-refractivity contribution is 9.10. The lowest BCUT2D eigenvalue weighted by atomic mass is 9.96. The van der Waals surface area contributed by atoms with Crippen molar-refractivity contribution in [3.8, 4) is 11.1 Å². The van der Waals surface area contributed by atoms with Gasteiger partial charge in [-0.05, 0) is 36.1 Å². The zero-order valence-electron chi connectivity index (χ0n) is 16.4. The second-order valence-electron chi connectivity index (χ2n) is 6.81. The van der Waals surface area contributed by atoms with Crippen LogP contribution in [0.5, 0.6) is 0 Å².